The molecule has 0 bridgehead atoms. The van der Waals surface area contributed by atoms with E-state index in [1.807, 2.05) is 13.1 Å². The second-order valence-electron chi connectivity index (χ2n) is 7.11. The van der Waals surface area contributed by atoms with Crippen LogP contribution in [0.4, 0.5) is 0 Å². The molecule has 30 heavy (non-hydrogen) atoms. The highest BCUT2D eigenvalue weighted by molar-refractivity contribution is 7.12. The van der Waals surface area contributed by atoms with Crippen LogP contribution in [0.5, 0.6) is 0 Å². The lowest BCUT2D eigenvalue weighted by Gasteiger charge is -2.30. The second kappa shape index (κ2) is 8.45. The molecule has 0 atom stereocenters. The van der Waals surface area contributed by atoms with E-state index in [1.165, 1.54) is 29.6 Å². The van der Waals surface area contributed by atoms with Gasteiger partial charge in [-0.1, -0.05) is 0 Å². The van der Waals surface area contributed by atoms with Crippen molar-refractivity contribution in [3.05, 3.63) is 67.1 Å². The Balaban J connectivity index is 1.50. The molecule has 154 valence electrons. The maximum Gasteiger partial charge on any atom is 0.263 e. The first-order chi connectivity index (χ1) is 14.4. The minimum absolute atomic E-state index is 0.0345. The number of aromatic nitrogens is 2. The fourth-order valence-corrected chi connectivity index (χ4v) is 4.85. The molecule has 0 unspecified atom stereocenters. The first-order valence-electron chi connectivity index (χ1n) is 9.45. The molecule has 1 aliphatic heterocycles. The van der Waals surface area contributed by atoms with Crippen molar-refractivity contribution in [2.45, 2.75) is 33.4 Å². The number of thiophene rings is 1. The van der Waals surface area contributed by atoms with E-state index in [0.717, 1.165) is 22.4 Å². The largest absolute Gasteiger partial charge is 0.347 e. The minimum atomic E-state index is -0.152. The van der Waals surface area contributed by atoms with Crippen LogP contribution in [0.2, 0.25) is 0 Å². The number of nitrogens with one attached hydrogen (secondary N) is 1. The number of nitrogens with zero attached hydrogens (tertiary/aromatic N) is 3. The summed E-state index contributed by atoms with van der Waals surface area (Å²) in [4.78, 5) is 48.0. The van der Waals surface area contributed by atoms with E-state index in [0.29, 0.717) is 41.4 Å². The summed E-state index contributed by atoms with van der Waals surface area (Å²) in [6.45, 7) is 4.86. The number of aryl methyl sites for hydroxylation is 1. The Morgan fingerprint density at radius 3 is 2.73 bits per heavy atom. The first-order valence-corrected chi connectivity index (χ1v) is 11.2. The lowest BCUT2D eigenvalue weighted by Crippen LogP contribution is -2.37. The summed E-state index contributed by atoms with van der Waals surface area (Å²) in [5.74, 6) is -0.265. The molecule has 0 spiro atoms. The molecule has 0 radical (unpaired) electrons. The van der Waals surface area contributed by atoms with Crippen LogP contribution in [-0.4, -0.2) is 39.0 Å². The fraction of sp³-hybridized carbons (Fsp3) is 0.286. The summed E-state index contributed by atoms with van der Waals surface area (Å²) in [7, 11) is 0. The average Bonchev–Trinajstić information content (AvgIpc) is 3.44. The number of pyridine rings is 1. The SMILES string of the molecule is CC(=O)c1cc(C(=O)N2CCc3c(cnc(C)c3CNC(=O)c3cncs3)C2)cs1. The molecule has 7 nitrogen and oxygen atoms in total. The van der Waals surface area contributed by atoms with Crippen molar-refractivity contribution in [1.29, 1.82) is 0 Å². The molecular weight excluding hydrogens is 420 g/mol. The highest BCUT2D eigenvalue weighted by Crippen LogP contribution is 2.26. The highest BCUT2D eigenvalue weighted by atomic mass is 32.1. The average molecular weight is 441 g/mol. The number of fused-ring (bicyclic) bond motifs is 1. The van der Waals surface area contributed by atoms with E-state index in [-0.39, 0.29) is 17.6 Å². The van der Waals surface area contributed by atoms with Gasteiger partial charge in [-0.3, -0.25) is 24.4 Å². The monoisotopic (exact) mass is 440 g/mol. The molecule has 4 rings (SSSR count). The van der Waals surface area contributed by atoms with Gasteiger partial charge < -0.3 is 10.2 Å². The van der Waals surface area contributed by atoms with E-state index < -0.39 is 0 Å². The molecule has 0 saturated carbocycles. The van der Waals surface area contributed by atoms with Gasteiger partial charge in [0.25, 0.3) is 11.8 Å². The van der Waals surface area contributed by atoms with Gasteiger partial charge in [-0.2, -0.15) is 0 Å². The predicted molar refractivity (Wildman–Crippen MR) is 115 cm³/mol. The molecule has 0 aliphatic carbocycles. The zero-order valence-electron chi connectivity index (χ0n) is 16.6. The van der Waals surface area contributed by atoms with Gasteiger partial charge >= 0.3 is 0 Å². The fourth-order valence-electron chi connectivity index (χ4n) is 3.53. The molecule has 3 aromatic heterocycles. The molecule has 3 aromatic rings. The van der Waals surface area contributed by atoms with Gasteiger partial charge in [0, 0.05) is 36.9 Å². The molecule has 9 heteroatoms. The number of ketones is 1. The number of carbonyl (C=O) groups excluding carboxylic acids is 3. The van der Waals surface area contributed by atoms with Gasteiger partial charge in [0.2, 0.25) is 0 Å². The van der Waals surface area contributed by atoms with E-state index in [4.69, 9.17) is 0 Å². The van der Waals surface area contributed by atoms with Crippen LogP contribution >= 0.6 is 22.7 Å². The second-order valence-corrected chi connectivity index (χ2v) is 8.90. The van der Waals surface area contributed by atoms with Gasteiger partial charge in [0.05, 0.1) is 22.1 Å². The summed E-state index contributed by atoms with van der Waals surface area (Å²) >= 11 is 2.60. The van der Waals surface area contributed by atoms with Crippen molar-refractivity contribution in [1.82, 2.24) is 20.2 Å². The standard InChI is InChI=1S/C21H20N4O3S2/c1-12-17(7-24-20(27)19-8-22-11-30-19)16-3-4-25(9-15(16)6-23-12)21(28)14-5-18(13(2)26)29-10-14/h5-6,8,10-11H,3-4,7,9H2,1-2H3,(H,24,27). The van der Waals surface area contributed by atoms with Crippen molar-refractivity contribution in [3.8, 4) is 0 Å². The Kier molecular flexibility index (Phi) is 5.74. The third kappa shape index (κ3) is 4.03. The number of thiazole rings is 1. The molecular formula is C21H20N4O3S2. The minimum Gasteiger partial charge on any atom is -0.347 e. The maximum atomic E-state index is 12.9. The van der Waals surface area contributed by atoms with E-state index in [2.05, 4.69) is 15.3 Å². The lowest BCUT2D eigenvalue weighted by atomic mass is 9.94. The van der Waals surface area contributed by atoms with Gasteiger partial charge in [0.1, 0.15) is 4.88 Å². The van der Waals surface area contributed by atoms with Crippen LogP contribution in [0.1, 0.15) is 59.0 Å². The Hall–Kier alpha value is -2.91. The summed E-state index contributed by atoms with van der Waals surface area (Å²) in [6.07, 6.45) is 4.06. The number of Topliss-reactive ketones (excluding diaryl/α,β-unsaturated/α-hetero) is 1. The molecule has 1 aliphatic rings. The summed E-state index contributed by atoms with van der Waals surface area (Å²) in [5, 5.41) is 4.68. The summed E-state index contributed by atoms with van der Waals surface area (Å²) in [5.41, 5.74) is 6.19. The topological polar surface area (TPSA) is 92.3 Å². The Bertz CT molecular complexity index is 1120. The molecule has 2 amide bonds. The number of carbonyl (C=O) groups is 3. The van der Waals surface area contributed by atoms with E-state index >= 15 is 0 Å². The quantitative estimate of drug-likeness (QED) is 0.615. The van der Waals surface area contributed by atoms with Gasteiger partial charge in [-0.15, -0.1) is 22.7 Å². The molecule has 0 saturated heterocycles. The third-order valence-electron chi connectivity index (χ3n) is 5.16. The van der Waals surface area contributed by atoms with Crippen LogP contribution in [0.3, 0.4) is 0 Å². The number of hydrogen-bond acceptors (Lipinski definition) is 7. The zero-order chi connectivity index (χ0) is 21.3. The van der Waals surface area contributed by atoms with Crippen molar-refractivity contribution in [3.63, 3.8) is 0 Å². The van der Waals surface area contributed by atoms with Crippen LogP contribution in [0.25, 0.3) is 0 Å². The maximum absolute atomic E-state index is 12.9. The van der Waals surface area contributed by atoms with Gasteiger partial charge in [0.15, 0.2) is 5.78 Å². The normalized spacial score (nSPS) is 13.1. The van der Waals surface area contributed by atoms with E-state index in [9.17, 15) is 14.4 Å². The third-order valence-corrected chi connectivity index (χ3v) is 6.96. The smallest absolute Gasteiger partial charge is 0.263 e. The van der Waals surface area contributed by atoms with Crippen molar-refractivity contribution in [2.75, 3.05) is 6.54 Å². The van der Waals surface area contributed by atoms with Crippen molar-refractivity contribution >= 4 is 40.3 Å². The van der Waals surface area contributed by atoms with Crippen LogP contribution in [-0.2, 0) is 19.5 Å². The van der Waals surface area contributed by atoms with E-state index in [1.54, 1.807) is 28.1 Å². The number of rotatable bonds is 5. The van der Waals surface area contributed by atoms with Crippen LogP contribution in [0, 0.1) is 6.92 Å². The number of amides is 2. The molecule has 1 N–H and O–H groups in total. The predicted octanol–water partition coefficient (Wildman–Crippen LogP) is 3.24. The molecule has 4 heterocycles. The Morgan fingerprint density at radius 2 is 2.03 bits per heavy atom. The Labute approximate surface area is 181 Å². The summed E-state index contributed by atoms with van der Waals surface area (Å²) in [6, 6.07) is 1.67. The lowest BCUT2D eigenvalue weighted by molar-refractivity contribution is 0.0734. The van der Waals surface area contributed by atoms with Gasteiger partial charge in [-0.25, -0.2) is 0 Å². The van der Waals surface area contributed by atoms with Crippen molar-refractivity contribution in [2.24, 2.45) is 0 Å². The Morgan fingerprint density at radius 1 is 1.20 bits per heavy atom. The van der Waals surface area contributed by atoms with Gasteiger partial charge in [-0.05, 0) is 43.0 Å². The first kappa shape index (κ1) is 20.4. The van der Waals surface area contributed by atoms with Crippen LogP contribution < -0.4 is 5.32 Å². The zero-order valence-corrected chi connectivity index (χ0v) is 18.2. The van der Waals surface area contributed by atoms with Crippen LogP contribution in [0.15, 0.2) is 29.4 Å². The molecule has 0 fully saturated rings. The highest BCUT2D eigenvalue weighted by Gasteiger charge is 2.25. The molecule has 0 aromatic carbocycles. The number of hydrogen-bond donors (Lipinski definition) is 1. The summed E-state index contributed by atoms with van der Waals surface area (Å²) < 4.78 is 0. The van der Waals surface area contributed by atoms with Crippen molar-refractivity contribution < 1.29 is 14.4 Å².